The monoisotopic (exact) mass is 327 g/mol. The van der Waals surface area contributed by atoms with Crippen molar-refractivity contribution in [3.05, 3.63) is 46.2 Å². The van der Waals surface area contributed by atoms with E-state index in [2.05, 4.69) is 11.1 Å². The van der Waals surface area contributed by atoms with Gasteiger partial charge in [0, 0.05) is 17.5 Å². The second-order valence-corrected chi connectivity index (χ2v) is 7.66. The Hall–Kier alpha value is -1.88. The van der Waals surface area contributed by atoms with Crippen LogP contribution in [0.15, 0.2) is 40.0 Å². The fraction of sp³-hybridized carbons (Fsp3) is 0.389. The molecule has 118 valence electrons. The number of aliphatic hydroxyl groups excluding tert-OH is 1. The van der Waals surface area contributed by atoms with Gasteiger partial charge in [0.2, 0.25) is 5.78 Å². The van der Waals surface area contributed by atoms with E-state index in [0.29, 0.717) is 5.03 Å². The molecular formula is C18H17NO3S. The van der Waals surface area contributed by atoms with Crippen molar-refractivity contribution in [2.45, 2.75) is 25.3 Å². The summed E-state index contributed by atoms with van der Waals surface area (Å²) in [5.41, 5.74) is 1.89. The number of Topliss-reactive ketones (excluding diaryl/α,β-unsaturated/α-hetero) is 2. The second-order valence-electron chi connectivity index (χ2n) is 6.63. The van der Waals surface area contributed by atoms with Gasteiger partial charge in [0.15, 0.2) is 11.5 Å². The van der Waals surface area contributed by atoms with E-state index in [1.165, 1.54) is 0 Å². The molecular weight excluding hydrogens is 310 g/mol. The number of aromatic nitrogens is 1. The molecule has 3 aliphatic carbocycles. The number of hydrogen-bond donors (Lipinski definition) is 1. The molecule has 1 aromatic heterocycles. The lowest BCUT2D eigenvalue weighted by molar-refractivity contribution is -0.132. The Balaban J connectivity index is 1.72. The maximum atomic E-state index is 12.9. The van der Waals surface area contributed by atoms with Crippen molar-refractivity contribution in [3.8, 4) is 0 Å². The lowest BCUT2D eigenvalue weighted by atomic mass is 9.74. The van der Waals surface area contributed by atoms with Gasteiger partial charge in [0.05, 0.1) is 0 Å². The first-order chi connectivity index (χ1) is 11.0. The molecule has 0 aliphatic heterocycles. The third-order valence-corrected chi connectivity index (χ3v) is 6.03. The van der Waals surface area contributed by atoms with Crippen LogP contribution in [0, 0.1) is 37.5 Å². The molecule has 0 spiro atoms. The fourth-order valence-electron chi connectivity index (χ4n) is 4.13. The summed E-state index contributed by atoms with van der Waals surface area (Å²) in [7, 11) is 0. The first-order valence-electron chi connectivity index (χ1n) is 7.79. The summed E-state index contributed by atoms with van der Waals surface area (Å²) in [6, 6.07) is 3.81. The summed E-state index contributed by atoms with van der Waals surface area (Å²) in [5.74, 6) is -1.18. The molecule has 4 atom stereocenters. The smallest absolute Gasteiger partial charge is 0.202 e. The highest BCUT2D eigenvalue weighted by Gasteiger charge is 2.55. The topological polar surface area (TPSA) is 67.3 Å². The van der Waals surface area contributed by atoms with Crippen molar-refractivity contribution in [3.63, 3.8) is 0 Å². The minimum absolute atomic E-state index is 0.102. The molecule has 0 amide bonds. The third kappa shape index (κ3) is 2.17. The quantitative estimate of drug-likeness (QED) is 0.845. The summed E-state index contributed by atoms with van der Waals surface area (Å²) >= 11 is 1.11. The Morgan fingerprint density at radius 3 is 2.39 bits per heavy atom. The van der Waals surface area contributed by atoms with Crippen LogP contribution in [0.1, 0.15) is 17.7 Å². The van der Waals surface area contributed by atoms with E-state index in [0.717, 1.165) is 29.4 Å². The maximum Gasteiger partial charge on any atom is 0.202 e. The van der Waals surface area contributed by atoms with E-state index in [9.17, 15) is 14.7 Å². The van der Waals surface area contributed by atoms with Crippen molar-refractivity contribution in [2.24, 2.45) is 23.7 Å². The predicted molar refractivity (Wildman–Crippen MR) is 87.0 cm³/mol. The zero-order valence-electron chi connectivity index (χ0n) is 12.9. The summed E-state index contributed by atoms with van der Waals surface area (Å²) in [6.07, 6.45) is 4.92. The first-order valence-corrected chi connectivity index (χ1v) is 8.60. The summed E-state index contributed by atoms with van der Waals surface area (Å²) in [6.45, 7) is 3.84. The van der Waals surface area contributed by atoms with Crippen molar-refractivity contribution >= 4 is 23.3 Å². The minimum Gasteiger partial charge on any atom is -0.503 e. The molecule has 2 bridgehead atoms. The van der Waals surface area contributed by atoms with Gasteiger partial charge in [0.1, 0.15) is 9.93 Å². The van der Waals surface area contributed by atoms with Gasteiger partial charge in [-0.3, -0.25) is 9.59 Å². The Morgan fingerprint density at radius 2 is 1.74 bits per heavy atom. The largest absolute Gasteiger partial charge is 0.503 e. The molecule has 23 heavy (non-hydrogen) atoms. The number of nitrogens with zero attached hydrogens (tertiary/aromatic N) is 1. The van der Waals surface area contributed by atoms with Gasteiger partial charge in [-0.15, -0.1) is 0 Å². The molecule has 4 nitrogen and oxygen atoms in total. The first kappa shape index (κ1) is 14.7. The van der Waals surface area contributed by atoms with Gasteiger partial charge >= 0.3 is 0 Å². The fourth-order valence-corrected chi connectivity index (χ4v) is 5.21. The number of carbonyl (C=O) groups is 2. The van der Waals surface area contributed by atoms with E-state index in [1.54, 1.807) is 0 Å². The number of fused-ring (bicyclic) bond motifs is 5. The van der Waals surface area contributed by atoms with Crippen LogP contribution in [-0.4, -0.2) is 21.7 Å². The van der Waals surface area contributed by atoms with Crippen LogP contribution >= 0.6 is 11.8 Å². The molecule has 0 saturated heterocycles. The van der Waals surface area contributed by atoms with E-state index < -0.39 is 0 Å². The molecule has 1 aromatic rings. The molecule has 3 aliphatic rings. The lowest BCUT2D eigenvalue weighted by Crippen LogP contribution is -2.39. The Labute approximate surface area is 138 Å². The Kier molecular flexibility index (Phi) is 3.23. The van der Waals surface area contributed by atoms with Gasteiger partial charge < -0.3 is 5.11 Å². The summed E-state index contributed by atoms with van der Waals surface area (Å²) < 4.78 is 0. The van der Waals surface area contributed by atoms with Crippen LogP contribution in [0.2, 0.25) is 0 Å². The number of rotatable bonds is 2. The highest BCUT2D eigenvalue weighted by molar-refractivity contribution is 8.04. The number of thioether (sulfide) groups is 1. The standard InChI is InChI=1S/C18H17NO3S/c1-8-5-9(2)19-12(6-8)23-18-16(21)14-11-4-3-10(7-11)13(14)15(20)17(18)22/h3-6,10-11,13-14,22H,7H2,1-2H3. The molecule has 1 fully saturated rings. The highest BCUT2D eigenvalue weighted by Crippen LogP contribution is 2.53. The van der Waals surface area contributed by atoms with Gasteiger partial charge in [-0.1, -0.05) is 23.9 Å². The van der Waals surface area contributed by atoms with Crippen LogP contribution in [0.25, 0.3) is 0 Å². The maximum absolute atomic E-state index is 12.9. The van der Waals surface area contributed by atoms with E-state index >= 15 is 0 Å². The van der Waals surface area contributed by atoms with Gasteiger partial charge in [-0.25, -0.2) is 4.98 Å². The Morgan fingerprint density at radius 1 is 1.09 bits per heavy atom. The van der Waals surface area contributed by atoms with Crippen LogP contribution in [0.4, 0.5) is 0 Å². The zero-order chi connectivity index (χ0) is 16.3. The normalized spacial score (nSPS) is 31.9. The van der Waals surface area contributed by atoms with E-state index in [1.807, 2.05) is 32.1 Å². The molecule has 0 aromatic carbocycles. The molecule has 0 radical (unpaired) electrons. The molecule has 1 saturated carbocycles. The number of pyridine rings is 1. The minimum atomic E-state index is -0.372. The van der Waals surface area contributed by atoms with Gasteiger partial charge in [-0.2, -0.15) is 0 Å². The number of allylic oxidation sites excluding steroid dienone is 4. The summed E-state index contributed by atoms with van der Waals surface area (Å²) in [5, 5.41) is 11.0. The number of hydrogen-bond acceptors (Lipinski definition) is 5. The summed E-state index contributed by atoms with van der Waals surface area (Å²) in [4.78, 5) is 30.0. The van der Waals surface area contributed by atoms with Crippen molar-refractivity contribution in [2.75, 3.05) is 0 Å². The average Bonchev–Trinajstić information content (AvgIpc) is 3.09. The van der Waals surface area contributed by atoms with Crippen LogP contribution in [-0.2, 0) is 9.59 Å². The molecule has 4 unspecified atom stereocenters. The predicted octanol–water partition coefficient (Wildman–Crippen LogP) is 3.15. The van der Waals surface area contributed by atoms with Crippen LogP contribution < -0.4 is 0 Å². The second kappa shape index (κ2) is 5.06. The average molecular weight is 327 g/mol. The van der Waals surface area contributed by atoms with Crippen molar-refractivity contribution < 1.29 is 14.7 Å². The zero-order valence-corrected chi connectivity index (χ0v) is 13.8. The number of aliphatic hydroxyl groups is 1. The van der Waals surface area contributed by atoms with E-state index in [4.69, 9.17) is 0 Å². The molecule has 1 N–H and O–H groups in total. The molecule has 5 heteroatoms. The van der Waals surface area contributed by atoms with Crippen LogP contribution in [0.5, 0.6) is 0 Å². The number of ketones is 2. The van der Waals surface area contributed by atoms with Crippen molar-refractivity contribution in [1.82, 2.24) is 4.98 Å². The van der Waals surface area contributed by atoms with Crippen LogP contribution in [0.3, 0.4) is 0 Å². The van der Waals surface area contributed by atoms with Gasteiger partial charge in [0.25, 0.3) is 0 Å². The van der Waals surface area contributed by atoms with Gasteiger partial charge in [-0.05, 0) is 49.8 Å². The Bertz CT molecular complexity index is 775. The number of carbonyl (C=O) groups excluding carboxylic acids is 2. The van der Waals surface area contributed by atoms with Crippen molar-refractivity contribution in [1.29, 1.82) is 0 Å². The lowest BCUT2D eigenvalue weighted by Gasteiger charge is -2.30. The highest BCUT2D eigenvalue weighted by atomic mass is 32.2. The molecule has 4 rings (SSSR count). The SMILES string of the molecule is Cc1cc(C)nc(SC2=C(O)C(=O)C3C4C=CC(C4)C3C2=O)c1. The third-order valence-electron chi connectivity index (χ3n) is 5.02. The molecule has 1 heterocycles. The number of aryl methyl sites for hydroxylation is 2. The van der Waals surface area contributed by atoms with E-state index in [-0.39, 0.29) is 45.9 Å².